The van der Waals surface area contributed by atoms with Crippen LogP contribution in [0.2, 0.25) is 0 Å². The molecule has 0 unspecified atom stereocenters. The number of carbonyl (C=O) groups is 3. The maximum atomic E-state index is 12.3. The largest absolute Gasteiger partial charge is 0.452 e. The van der Waals surface area contributed by atoms with Crippen molar-refractivity contribution >= 4 is 23.4 Å². The Morgan fingerprint density at radius 2 is 2.08 bits per heavy atom. The number of rotatable bonds is 4. The van der Waals surface area contributed by atoms with Crippen LogP contribution in [-0.2, 0) is 9.53 Å². The normalized spacial score (nSPS) is 13.6. The second-order valence-electron chi connectivity index (χ2n) is 5.69. The van der Waals surface area contributed by atoms with Crippen LogP contribution in [0.5, 0.6) is 0 Å². The van der Waals surface area contributed by atoms with Crippen LogP contribution in [-0.4, -0.2) is 40.9 Å². The number of fused-ring (bicyclic) bond motifs is 1. The van der Waals surface area contributed by atoms with Crippen LogP contribution in [0.1, 0.15) is 40.6 Å². The number of urea groups is 1. The van der Waals surface area contributed by atoms with Crippen LogP contribution in [0.4, 0.5) is 4.79 Å². The van der Waals surface area contributed by atoms with E-state index in [0.717, 1.165) is 29.9 Å². The monoisotopic (exact) mass is 330 g/mol. The molecule has 0 bridgehead atoms. The molecule has 8 nitrogen and oxygen atoms in total. The zero-order valence-corrected chi connectivity index (χ0v) is 13.5. The highest BCUT2D eigenvalue weighted by atomic mass is 16.5. The van der Waals surface area contributed by atoms with E-state index in [-0.39, 0.29) is 0 Å². The molecule has 24 heavy (non-hydrogen) atoms. The van der Waals surface area contributed by atoms with E-state index in [1.54, 1.807) is 18.3 Å². The zero-order valence-electron chi connectivity index (χ0n) is 13.5. The van der Waals surface area contributed by atoms with Crippen molar-refractivity contribution in [2.24, 2.45) is 0 Å². The van der Waals surface area contributed by atoms with Crippen molar-refractivity contribution in [1.82, 2.24) is 20.0 Å². The quantitative estimate of drug-likeness (QED) is 0.818. The first-order valence-electron chi connectivity index (χ1n) is 7.67. The fourth-order valence-corrected chi connectivity index (χ4v) is 2.55. The molecule has 2 aromatic rings. The van der Waals surface area contributed by atoms with Crippen molar-refractivity contribution in [2.45, 2.75) is 25.7 Å². The minimum Gasteiger partial charge on any atom is -0.452 e. The maximum absolute atomic E-state index is 12.3. The summed E-state index contributed by atoms with van der Waals surface area (Å²) in [6.07, 6.45) is 3.99. The number of amides is 3. The Balaban J connectivity index is 1.75. The number of imide groups is 1. The van der Waals surface area contributed by atoms with Crippen LogP contribution in [0.15, 0.2) is 18.3 Å². The second kappa shape index (κ2) is 6.31. The lowest BCUT2D eigenvalue weighted by Crippen LogP contribution is -2.39. The number of imidazole rings is 1. The summed E-state index contributed by atoms with van der Waals surface area (Å²) in [5.74, 6) is 0.0879. The van der Waals surface area contributed by atoms with E-state index in [2.05, 4.69) is 10.3 Å². The lowest BCUT2D eigenvalue weighted by Gasteiger charge is -2.10. The third kappa shape index (κ3) is 3.08. The molecular weight excluding hydrogens is 312 g/mol. The van der Waals surface area contributed by atoms with Crippen LogP contribution < -0.4 is 10.6 Å². The fraction of sp³-hybridized carbons (Fsp3) is 0.375. The van der Waals surface area contributed by atoms with E-state index in [1.807, 2.05) is 16.6 Å². The highest BCUT2D eigenvalue weighted by molar-refractivity contribution is 5.97. The average Bonchev–Trinajstić information content (AvgIpc) is 3.32. The molecule has 8 heteroatoms. The highest BCUT2D eigenvalue weighted by Crippen LogP contribution is 2.39. The Labute approximate surface area is 138 Å². The summed E-state index contributed by atoms with van der Waals surface area (Å²) in [6.45, 7) is 1.30. The fourth-order valence-electron chi connectivity index (χ4n) is 2.55. The summed E-state index contributed by atoms with van der Waals surface area (Å²) in [5, 5.41) is 4.27. The number of nitrogens with zero attached hydrogens (tertiary/aromatic N) is 2. The topological polar surface area (TPSA) is 102 Å². The molecule has 0 saturated heterocycles. The van der Waals surface area contributed by atoms with E-state index in [1.165, 1.54) is 7.05 Å². The van der Waals surface area contributed by atoms with Gasteiger partial charge in [0.1, 0.15) is 5.82 Å². The molecule has 1 fully saturated rings. The molecule has 3 amide bonds. The van der Waals surface area contributed by atoms with Gasteiger partial charge in [0.2, 0.25) is 0 Å². The second-order valence-corrected chi connectivity index (χ2v) is 5.69. The summed E-state index contributed by atoms with van der Waals surface area (Å²) < 4.78 is 6.95. The number of carbonyl (C=O) groups excluding carboxylic acids is 3. The van der Waals surface area contributed by atoms with Crippen molar-refractivity contribution in [3.63, 3.8) is 0 Å². The van der Waals surface area contributed by atoms with E-state index < -0.39 is 24.5 Å². The highest BCUT2D eigenvalue weighted by Gasteiger charge is 2.29. The Hall–Kier alpha value is -2.90. The average molecular weight is 330 g/mol. The van der Waals surface area contributed by atoms with Crippen LogP contribution in [0.25, 0.3) is 5.52 Å². The van der Waals surface area contributed by atoms with Crippen molar-refractivity contribution in [3.8, 4) is 0 Å². The lowest BCUT2D eigenvalue weighted by atomic mass is 10.2. The third-order valence-electron chi connectivity index (χ3n) is 3.94. The predicted octanol–water partition coefficient (Wildman–Crippen LogP) is 1.13. The summed E-state index contributed by atoms with van der Waals surface area (Å²) in [4.78, 5) is 39.2. The van der Waals surface area contributed by atoms with Crippen molar-refractivity contribution in [2.75, 3.05) is 13.7 Å². The molecule has 0 aromatic carbocycles. The first-order chi connectivity index (χ1) is 11.5. The van der Waals surface area contributed by atoms with Crippen LogP contribution in [0, 0.1) is 6.92 Å². The summed E-state index contributed by atoms with van der Waals surface area (Å²) in [5.41, 5.74) is 2.02. The Morgan fingerprint density at radius 1 is 1.33 bits per heavy atom. The van der Waals surface area contributed by atoms with Gasteiger partial charge in [-0.05, 0) is 31.9 Å². The molecule has 1 saturated carbocycles. The molecule has 0 aliphatic heterocycles. The van der Waals surface area contributed by atoms with Gasteiger partial charge in [0.05, 0.1) is 17.3 Å². The van der Waals surface area contributed by atoms with E-state index in [0.29, 0.717) is 11.5 Å². The smallest absolute Gasteiger partial charge is 0.340 e. The number of hydrogen-bond donors (Lipinski definition) is 2. The van der Waals surface area contributed by atoms with E-state index >= 15 is 0 Å². The molecule has 2 N–H and O–H groups in total. The standard InChI is InChI=1S/C16H18N4O4/c1-9-12(15(22)24-8-13(21)19-16(23)17-2)6-5-11-7-18-14(20(9)11)10-3-4-10/h5-7,10H,3-4,8H2,1-2H3,(H2,17,19,21,23). The summed E-state index contributed by atoms with van der Waals surface area (Å²) >= 11 is 0. The SMILES string of the molecule is CNC(=O)NC(=O)COC(=O)c1ccc2cnc(C3CC3)n2c1C. The lowest BCUT2D eigenvalue weighted by molar-refractivity contribution is -0.123. The van der Waals surface area contributed by atoms with Gasteiger partial charge < -0.3 is 10.1 Å². The molecule has 2 heterocycles. The minimum atomic E-state index is -0.692. The Morgan fingerprint density at radius 3 is 2.75 bits per heavy atom. The van der Waals surface area contributed by atoms with E-state index in [4.69, 9.17) is 4.74 Å². The number of ether oxygens (including phenoxy) is 1. The van der Waals surface area contributed by atoms with Crippen LogP contribution in [0.3, 0.4) is 0 Å². The molecule has 1 aliphatic carbocycles. The van der Waals surface area contributed by atoms with Gasteiger partial charge in [-0.1, -0.05) is 0 Å². The molecule has 1 aliphatic rings. The van der Waals surface area contributed by atoms with Crippen LogP contribution >= 0.6 is 0 Å². The van der Waals surface area contributed by atoms with E-state index in [9.17, 15) is 14.4 Å². The number of nitrogens with one attached hydrogen (secondary N) is 2. The van der Waals surface area contributed by atoms with Crippen molar-refractivity contribution in [3.05, 3.63) is 35.4 Å². The van der Waals surface area contributed by atoms with Gasteiger partial charge in [-0.2, -0.15) is 0 Å². The predicted molar refractivity (Wildman–Crippen MR) is 84.8 cm³/mol. The maximum Gasteiger partial charge on any atom is 0.340 e. The van der Waals surface area contributed by atoms with Gasteiger partial charge in [-0.25, -0.2) is 14.6 Å². The summed E-state index contributed by atoms with van der Waals surface area (Å²) in [6, 6.07) is 2.80. The van der Waals surface area contributed by atoms with Crippen molar-refractivity contribution < 1.29 is 19.1 Å². The van der Waals surface area contributed by atoms with Crippen molar-refractivity contribution in [1.29, 1.82) is 0 Å². The zero-order chi connectivity index (χ0) is 17.3. The number of pyridine rings is 1. The molecule has 3 rings (SSSR count). The Kier molecular flexibility index (Phi) is 4.20. The summed E-state index contributed by atoms with van der Waals surface area (Å²) in [7, 11) is 1.38. The molecule has 0 spiro atoms. The molecule has 0 atom stereocenters. The third-order valence-corrected chi connectivity index (χ3v) is 3.94. The molecular formula is C16H18N4O4. The van der Waals surface area contributed by atoms with Gasteiger partial charge in [0.15, 0.2) is 6.61 Å². The number of hydrogen-bond acceptors (Lipinski definition) is 5. The van der Waals surface area contributed by atoms with Gasteiger partial charge in [-0.3, -0.25) is 14.5 Å². The van der Waals surface area contributed by atoms with Gasteiger partial charge in [0.25, 0.3) is 5.91 Å². The molecule has 126 valence electrons. The first-order valence-corrected chi connectivity index (χ1v) is 7.67. The number of aryl methyl sites for hydroxylation is 1. The molecule has 2 aromatic heterocycles. The number of esters is 1. The van der Waals surface area contributed by atoms with Gasteiger partial charge in [-0.15, -0.1) is 0 Å². The minimum absolute atomic E-state index is 0.371. The van der Waals surface area contributed by atoms with Gasteiger partial charge in [0, 0.05) is 18.7 Å². The molecule has 0 radical (unpaired) electrons. The van der Waals surface area contributed by atoms with Gasteiger partial charge >= 0.3 is 12.0 Å². The number of aromatic nitrogens is 2. The Bertz CT molecular complexity index is 823. The first kappa shape index (κ1) is 16.0.